The van der Waals surface area contributed by atoms with E-state index in [-0.39, 0.29) is 6.10 Å². The highest BCUT2D eigenvalue weighted by Crippen LogP contribution is 2.32. The van der Waals surface area contributed by atoms with Crippen molar-refractivity contribution in [1.82, 2.24) is 4.57 Å². The fraction of sp³-hybridized carbons (Fsp3) is 0.250. The number of aromatic nitrogens is 1. The highest BCUT2D eigenvalue weighted by Gasteiger charge is 2.18. The van der Waals surface area contributed by atoms with E-state index in [2.05, 4.69) is 23.6 Å². The first-order valence-electron chi connectivity index (χ1n) is 8.20. The molecule has 122 valence electrons. The quantitative estimate of drug-likeness (QED) is 0.919. The molecule has 4 nitrogen and oxygen atoms in total. The normalized spacial score (nSPS) is 16.9. The fourth-order valence-electron chi connectivity index (χ4n) is 3.11. The lowest BCUT2D eigenvalue weighted by Crippen LogP contribution is -2.14. The number of fused-ring (bicyclic) bond motifs is 1. The molecular weight excluding hydrogens is 298 g/mol. The number of hydrogen-bond donors (Lipinski definition) is 1. The molecule has 0 saturated carbocycles. The molecule has 2 N–H and O–H groups in total. The van der Waals surface area contributed by atoms with Crippen LogP contribution in [0, 0.1) is 11.3 Å². The Balaban J connectivity index is 2.08. The predicted octanol–water partition coefficient (Wildman–Crippen LogP) is 3.39. The molecule has 0 spiro atoms. The zero-order chi connectivity index (χ0) is 16.9. The van der Waals surface area contributed by atoms with Crippen LogP contribution in [0.1, 0.15) is 18.2 Å². The predicted molar refractivity (Wildman–Crippen MR) is 97.4 cm³/mol. The average Bonchev–Trinajstić information content (AvgIpc) is 2.76. The van der Waals surface area contributed by atoms with Crippen molar-refractivity contribution in [3.63, 3.8) is 0 Å². The lowest BCUT2D eigenvalue weighted by molar-refractivity contribution is 0.122. The Kier molecular flexibility index (Phi) is 4.95. The first-order chi connectivity index (χ1) is 11.8. The molecule has 0 saturated heterocycles. The maximum Gasteiger partial charge on any atom is 0.102 e. The van der Waals surface area contributed by atoms with Crippen molar-refractivity contribution in [1.29, 1.82) is 5.26 Å². The van der Waals surface area contributed by atoms with Crippen LogP contribution in [0.2, 0.25) is 0 Å². The third kappa shape index (κ3) is 2.92. The van der Waals surface area contributed by atoms with Gasteiger partial charge >= 0.3 is 0 Å². The second-order valence-corrected chi connectivity index (χ2v) is 5.59. The number of benzene rings is 1. The van der Waals surface area contributed by atoms with Gasteiger partial charge in [-0.15, -0.1) is 0 Å². The zero-order valence-corrected chi connectivity index (χ0v) is 13.8. The molecule has 1 aromatic heterocycles. The van der Waals surface area contributed by atoms with E-state index in [1.54, 1.807) is 0 Å². The summed E-state index contributed by atoms with van der Waals surface area (Å²) in [4.78, 5) is 0. The zero-order valence-electron chi connectivity index (χ0n) is 13.8. The van der Waals surface area contributed by atoms with Gasteiger partial charge in [0.15, 0.2) is 0 Å². The second kappa shape index (κ2) is 7.31. The summed E-state index contributed by atoms with van der Waals surface area (Å²) in [7, 11) is 0. The SMILES string of the molecule is CCn1c(C2=CC=CC(OCCN)C=C2)c(C#N)c2ccccc21. The first kappa shape index (κ1) is 16.3. The lowest BCUT2D eigenvalue weighted by Gasteiger charge is -2.10. The Labute approximate surface area is 142 Å². The van der Waals surface area contributed by atoms with Crippen LogP contribution in [0.4, 0.5) is 0 Å². The monoisotopic (exact) mass is 319 g/mol. The van der Waals surface area contributed by atoms with Crippen molar-refractivity contribution >= 4 is 16.5 Å². The van der Waals surface area contributed by atoms with Gasteiger partial charge in [-0.05, 0) is 18.6 Å². The molecule has 0 fully saturated rings. The molecule has 4 heteroatoms. The third-order valence-corrected chi connectivity index (χ3v) is 4.14. The standard InChI is InChI=1S/C20H21N3O/c1-2-23-19-9-4-3-8-17(19)18(14-22)20(23)15-6-5-7-16(11-10-15)24-13-12-21/h3-11,16H,2,12-13,21H2,1H3. The Morgan fingerprint density at radius 2 is 2.12 bits per heavy atom. The topological polar surface area (TPSA) is 64.0 Å². The molecule has 1 unspecified atom stereocenters. The maximum absolute atomic E-state index is 9.72. The molecule has 1 aliphatic carbocycles. The number of aryl methyl sites for hydroxylation is 1. The highest BCUT2D eigenvalue weighted by atomic mass is 16.5. The van der Waals surface area contributed by atoms with E-state index in [4.69, 9.17) is 10.5 Å². The minimum atomic E-state index is -0.0905. The second-order valence-electron chi connectivity index (χ2n) is 5.59. The van der Waals surface area contributed by atoms with Crippen LogP contribution in [-0.2, 0) is 11.3 Å². The molecule has 0 aliphatic heterocycles. The van der Waals surface area contributed by atoms with E-state index < -0.39 is 0 Å². The third-order valence-electron chi connectivity index (χ3n) is 4.14. The van der Waals surface area contributed by atoms with Gasteiger partial charge in [0.25, 0.3) is 0 Å². The first-order valence-corrected chi connectivity index (χ1v) is 8.20. The van der Waals surface area contributed by atoms with Crippen molar-refractivity contribution in [3.8, 4) is 6.07 Å². The summed E-state index contributed by atoms with van der Waals surface area (Å²) in [6.07, 6.45) is 9.95. The number of nitrogens with two attached hydrogens (primary N) is 1. The van der Waals surface area contributed by atoms with Gasteiger partial charge in [-0.3, -0.25) is 0 Å². The van der Waals surface area contributed by atoms with E-state index in [1.165, 1.54) is 0 Å². The van der Waals surface area contributed by atoms with Crippen LogP contribution in [0.3, 0.4) is 0 Å². The summed E-state index contributed by atoms with van der Waals surface area (Å²) in [5.41, 5.74) is 9.28. The van der Waals surface area contributed by atoms with Crippen LogP contribution in [-0.4, -0.2) is 23.8 Å². The molecule has 0 radical (unpaired) electrons. The molecule has 3 rings (SSSR count). The van der Waals surface area contributed by atoms with Gasteiger partial charge in [0.1, 0.15) is 6.07 Å². The molecule has 0 bridgehead atoms. The van der Waals surface area contributed by atoms with E-state index >= 15 is 0 Å². The minimum absolute atomic E-state index is 0.0905. The number of nitrogens with zero attached hydrogens (tertiary/aromatic N) is 2. The fourth-order valence-corrected chi connectivity index (χ4v) is 3.11. The number of nitriles is 1. The lowest BCUT2D eigenvalue weighted by atomic mass is 10.1. The van der Waals surface area contributed by atoms with Gasteiger partial charge in [-0.1, -0.05) is 48.6 Å². The molecule has 24 heavy (non-hydrogen) atoms. The van der Waals surface area contributed by atoms with E-state index in [0.717, 1.165) is 34.3 Å². The number of hydrogen-bond acceptors (Lipinski definition) is 3. The van der Waals surface area contributed by atoms with Crippen molar-refractivity contribution in [2.45, 2.75) is 19.6 Å². The Morgan fingerprint density at radius 3 is 2.88 bits per heavy atom. The van der Waals surface area contributed by atoms with Crippen LogP contribution in [0.5, 0.6) is 0 Å². The number of ether oxygens (including phenoxy) is 1. The van der Waals surface area contributed by atoms with Crippen LogP contribution in [0.15, 0.2) is 54.6 Å². The van der Waals surface area contributed by atoms with E-state index in [1.807, 2.05) is 48.6 Å². The van der Waals surface area contributed by atoms with Crippen LogP contribution in [0.25, 0.3) is 16.5 Å². The molecule has 1 aliphatic rings. The molecule has 1 heterocycles. The molecule has 1 atom stereocenters. The van der Waals surface area contributed by atoms with Gasteiger partial charge in [0.2, 0.25) is 0 Å². The van der Waals surface area contributed by atoms with Gasteiger partial charge in [-0.25, -0.2) is 0 Å². The highest BCUT2D eigenvalue weighted by molar-refractivity contribution is 5.94. The smallest absolute Gasteiger partial charge is 0.102 e. The van der Waals surface area contributed by atoms with Crippen LogP contribution >= 0.6 is 0 Å². The van der Waals surface area contributed by atoms with Crippen molar-refractivity contribution < 1.29 is 4.74 Å². The Bertz CT molecular complexity index is 865. The van der Waals surface area contributed by atoms with Crippen molar-refractivity contribution in [3.05, 3.63) is 65.9 Å². The van der Waals surface area contributed by atoms with Gasteiger partial charge in [0, 0.05) is 24.0 Å². The van der Waals surface area contributed by atoms with Gasteiger partial charge in [0.05, 0.1) is 24.0 Å². The summed E-state index contributed by atoms with van der Waals surface area (Å²) >= 11 is 0. The van der Waals surface area contributed by atoms with E-state index in [0.29, 0.717) is 13.2 Å². The molecule has 0 amide bonds. The van der Waals surface area contributed by atoms with Gasteiger partial charge < -0.3 is 15.0 Å². The molecule has 2 aromatic rings. The van der Waals surface area contributed by atoms with E-state index in [9.17, 15) is 5.26 Å². The largest absolute Gasteiger partial charge is 0.369 e. The molecule has 1 aromatic carbocycles. The molecular formula is C20H21N3O. The number of rotatable bonds is 5. The summed E-state index contributed by atoms with van der Waals surface area (Å²) in [6, 6.07) is 10.4. The summed E-state index contributed by atoms with van der Waals surface area (Å²) in [6.45, 7) is 3.93. The summed E-state index contributed by atoms with van der Waals surface area (Å²) < 4.78 is 7.86. The number of para-hydroxylation sites is 1. The van der Waals surface area contributed by atoms with Crippen molar-refractivity contribution in [2.75, 3.05) is 13.2 Å². The van der Waals surface area contributed by atoms with Crippen molar-refractivity contribution in [2.24, 2.45) is 5.73 Å². The number of allylic oxidation sites excluding steroid dienone is 4. The Morgan fingerprint density at radius 1 is 1.29 bits per heavy atom. The summed E-state index contributed by atoms with van der Waals surface area (Å²) in [5.74, 6) is 0. The van der Waals surface area contributed by atoms with Crippen LogP contribution < -0.4 is 5.73 Å². The maximum atomic E-state index is 9.72. The minimum Gasteiger partial charge on any atom is -0.369 e. The van der Waals surface area contributed by atoms with Gasteiger partial charge in [-0.2, -0.15) is 5.26 Å². The summed E-state index contributed by atoms with van der Waals surface area (Å²) in [5, 5.41) is 10.7. The average molecular weight is 319 g/mol. The Hall–Kier alpha value is -2.61.